The van der Waals surface area contributed by atoms with Crippen LogP contribution in [0.3, 0.4) is 0 Å². The summed E-state index contributed by atoms with van der Waals surface area (Å²) < 4.78 is 25.3. The van der Waals surface area contributed by atoms with Gasteiger partial charge in [-0.25, -0.2) is 10.1 Å². The van der Waals surface area contributed by atoms with E-state index in [4.69, 9.17) is 28.9 Å². The van der Waals surface area contributed by atoms with Crippen molar-refractivity contribution < 1.29 is 53.0 Å². The number of rotatable bonds is 6. The lowest BCUT2D eigenvalue weighted by Gasteiger charge is -2.42. The highest BCUT2D eigenvalue weighted by molar-refractivity contribution is 5.68. The molecule has 0 radical (unpaired) electrons. The summed E-state index contributed by atoms with van der Waals surface area (Å²) >= 11 is 0. The minimum atomic E-state index is -1.57. The molecule has 11 nitrogen and oxygen atoms in total. The molecule has 1 rings (SSSR count). The Hall–Kier alpha value is -2.24. The first-order valence-corrected chi connectivity index (χ1v) is 7.26. The first-order chi connectivity index (χ1) is 11.6. The normalized spacial score (nSPS) is 28.6. The van der Waals surface area contributed by atoms with E-state index in [1.807, 2.05) is 0 Å². The van der Waals surface area contributed by atoms with Gasteiger partial charge in [-0.3, -0.25) is 19.2 Å². The van der Waals surface area contributed by atoms with Crippen LogP contribution in [0.15, 0.2) is 0 Å². The molecule has 0 spiro atoms. The van der Waals surface area contributed by atoms with Crippen molar-refractivity contribution in [3.05, 3.63) is 0 Å². The summed E-state index contributed by atoms with van der Waals surface area (Å²) in [5, 5.41) is 9.02. The molecular weight excluding hydrogens is 344 g/mol. The lowest BCUT2D eigenvalue weighted by atomic mass is 9.98. The van der Waals surface area contributed by atoms with Crippen LogP contribution in [-0.2, 0) is 47.8 Å². The Morgan fingerprint density at radius 2 is 1.28 bits per heavy atom. The second-order valence-corrected chi connectivity index (χ2v) is 5.17. The van der Waals surface area contributed by atoms with Gasteiger partial charge in [0, 0.05) is 27.7 Å². The first-order valence-electron chi connectivity index (χ1n) is 7.26. The predicted molar refractivity (Wildman–Crippen MR) is 75.7 cm³/mol. The van der Waals surface area contributed by atoms with Gasteiger partial charge in [-0.15, -0.1) is 0 Å². The predicted octanol–water partition coefficient (Wildman–Crippen LogP) is -0.441. The van der Waals surface area contributed by atoms with Crippen LogP contribution in [0.5, 0.6) is 0 Å². The van der Waals surface area contributed by atoms with Gasteiger partial charge in [0.1, 0.15) is 12.7 Å². The van der Waals surface area contributed by atoms with E-state index in [1.54, 1.807) is 0 Å². The number of carbonyl (C=O) groups excluding carboxylic acids is 4. The summed E-state index contributed by atoms with van der Waals surface area (Å²) in [6.07, 6.45) is -6.79. The average molecular weight is 364 g/mol. The quantitative estimate of drug-likeness (QED) is 0.283. The molecule has 142 valence electrons. The maximum Gasteiger partial charge on any atom is 0.303 e. The third kappa shape index (κ3) is 6.29. The maximum absolute atomic E-state index is 11.4. The lowest BCUT2D eigenvalue weighted by molar-refractivity contribution is -0.404. The molecule has 0 aromatic carbocycles. The number of esters is 4. The molecule has 11 heteroatoms. The van der Waals surface area contributed by atoms with Crippen LogP contribution >= 0.6 is 0 Å². The van der Waals surface area contributed by atoms with Gasteiger partial charge in [0.25, 0.3) is 0 Å². The smallest absolute Gasteiger partial charge is 0.303 e. The molecule has 25 heavy (non-hydrogen) atoms. The van der Waals surface area contributed by atoms with Crippen LogP contribution in [0, 0.1) is 0 Å². The molecule has 0 aromatic rings. The number of ether oxygens (including phenoxy) is 5. The summed E-state index contributed by atoms with van der Waals surface area (Å²) in [4.78, 5) is 49.2. The molecular formula is C14H20O11. The van der Waals surface area contributed by atoms with E-state index in [-0.39, 0.29) is 0 Å². The van der Waals surface area contributed by atoms with E-state index >= 15 is 0 Å². The fourth-order valence-corrected chi connectivity index (χ4v) is 2.27. The fraction of sp³-hybridized carbons (Fsp3) is 0.714. The van der Waals surface area contributed by atoms with Gasteiger partial charge in [-0.2, -0.15) is 0 Å². The first kappa shape index (κ1) is 20.8. The molecule has 0 bridgehead atoms. The van der Waals surface area contributed by atoms with Gasteiger partial charge in [0.05, 0.1) is 0 Å². The number of hydrogen-bond acceptors (Lipinski definition) is 11. The molecule has 0 amide bonds. The summed E-state index contributed by atoms with van der Waals surface area (Å²) in [6, 6.07) is 0. The lowest BCUT2D eigenvalue weighted by Crippen LogP contribution is -2.62. The van der Waals surface area contributed by atoms with Crippen LogP contribution < -0.4 is 0 Å². The summed E-state index contributed by atoms with van der Waals surface area (Å²) in [5.41, 5.74) is 0. The van der Waals surface area contributed by atoms with Gasteiger partial charge in [-0.1, -0.05) is 0 Å². The molecule has 1 aliphatic rings. The monoisotopic (exact) mass is 364 g/mol. The highest BCUT2D eigenvalue weighted by Gasteiger charge is 2.53. The van der Waals surface area contributed by atoms with Gasteiger partial charge < -0.3 is 23.7 Å². The molecule has 1 heterocycles. The Labute approximate surface area is 143 Å². The van der Waals surface area contributed by atoms with E-state index in [2.05, 4.69) is 4.89 Å². The Morgan fingerprint density at radius 1 is 0.800 bits per heavy atom. The van der Waals surface area contributed by atoms with Gasteiger partial charge in [-0.05, 0) is 0 Å². The molecule has 1 aliphatic heterocycles. The fourth-order valence-electron chi connectivity index (χ4n) is 2.27. The van der Waals surface area contributed by atoms with Crippen molar-refractivity contribution in [2.45, 2.75) is 58.4 Å². The number of carbonyl (C=O) groups is 4. The van der Waals surface area contributed by atoms with E-state index < -0.39 is 61.2 Å². The van der Waals surface area contributed by atoms with E-state index in [0.717, 1.165) is 27.7 Å². The van der Waals surface area contributed by atoms with Crippen molar-refractivity contribution in [3.63, 3.8) is 0 Å². The minimum Gasteiger partial charge on any atom is -0.463 e. The van der Waals surface area contributed by atoms with Crippen molar-refractivity contribution in [2.24, 2.45) is 0 Å². The minimum absolute atomic E-state index is 0.391. The summed E-state index contributed by atoms with van der Waals surface area (Å²) in [6.45, 7) is 4.02. The highest BCUT2D eigenvalue weighted by atomic mass is 17.1. The summed E-state index contributed by atoms with van der Waals surface area (Å²) in [7, 11) is 0. The van der Waals surface area contributed by atoms with Crippen molar-refractivity contribution in [3.8, 4) is 0 Å². The molecule has 1 saturated heterocycles. The van der Waals surface area contributed by atoms with Crippen LogP contribution in [0.4, 0.5) is 0 Å². The standard InChI is InChI=1S/C14H20O11/c1-6(15)20-5-10-11(21-7(2)16)12(22-8(3)17)13(23-9(4)18)14(24-10)25-19/h10-14,19H,5H2,1-4H3/t10-,11+,12+,13-,14+/m1/s1. The van der Waals surface area contributed by atoms with Crippen molar-refractivity contribution in [1.29, 1.82) is 0 Å². The Morgan fingerprint density at radius 3 is 1.72 bits per heavy atom. The molecule has 0 unspecified atom stereocenters. The third-order valence-electron chi connectivity index (χ3n) is 3.05. The second-order valence-electron chi connectivity index (χ2n) is 5.17. The zero-order valence-electron chi connectivity index (χ0n) is 14.1. The van der Waals surface area contributed by atoms with E-state index in [0.29, 0.717) is 0 Å². The van der Waals surface area contributed by atoms with Crippen LogP contribution in [0.2, 0.25) is 0 Å². The number of hydrogen-bond donors (Lipinski definition) is 1. The van der Waals surface area contributed by atoms with Crippen LogP contribution in [0.1, 0.15) is 27.7 Å². The van der Waals surface area contributed by atoms with Gasteiger partial charge in [0.2, 0.25) is 6.29 Å². The SMILES string of the molecule is CC(=O)OC[C@H]1O[C@@H](OO)[C@H](OC(C)=O)[C@@H](OC(C)=O)[C@H]1OC(C)=O. The van der Waals surface area contributed by atoms with E-state index in [9.17, 15) is 19.2 Å². The molecule has 0 aliphatic carbocycles. The van der Waals surface area contributed by atoms with Gasteiger partial charge in [0.15, 0.2) is 18.3 Å². The zero-order chi connectivity index (χ0) is 19.1. The Bertz CT molecular complexity index is 517. The van der Waals surface area contributed by atoms with Crippen LogP contribution in [-0.4, -0.2) is 66.4 Å². The van der Waals surface area contributed by atoms with Gasteiger partial charge >= 0.3 is 23.9 Å². The molecule has 1 N–H and O–H groups in total. The van der Waals surface area contributed by atoms with Crippen molar-refractivity contribution >= 4 is 23.9 Å². The molecule has 5 atom stereocenters. The molecule has 0 aromatic heterocycles. The summed E-state index contributed by atoms with van der Waals surface area (Å²) in [5.74, 6) is -2.95. The Balaban J connectivity index is 3.18. The maximum atomic E-state index is 11.4. The molecule has 0 saturated carbocycles. The van der Waals surface area contributed by atoms with Crippen molar-refractivity contribution in [1.82, 2.24) is 0 Å². The third-order valence-corrected chi connectivity index (χ3v) is 3.05. The highest BCUT2D eigenvalue weighted by Crippen LogP contribution is 2.29. The zero-order valence-corrected chi connectivity index (χ0v) is 14.1. The van der Waals surface area contributed by atoms with Crippen LogP contribution in [0.25, 0.3) is 0 Å². The molecule has 1 fully saturated rings. The largest absolute Gasteiger partial charge is 0.463 e. The van der Waals surface area contributed by atoms with E-state index in [1.165, 1.54) is 0 Å². The second kappa shape index (κ2) is 9.30. The Kier molecular flexibility index (Phi) is 7.74. The van der Waals surface area contributed by atoms with Crippen molar-refractivity contribution in [2.75, 3.05) is 6.61 Å². The average Bonchev–Trinajstić information content (AvgIpc) is 2.48. The topological polar surface area (TPSA) is 144 Å².